The largest absolute Gasteiger partial charge is 0.472 e. The zero-order chi connectivity index (χ0) is 65.4. The summed E-state index contributed by atoms with van der Waals surface area (Å²) in [5.41, 5.74) is 0. The van der Waals surface area contributed by atoms with Crippen molar-refractivity contribution in [3.63, 3.8) is 0 Å². The van der Waals surface area contributed by atoms with Crippen molar-refractivity contribution in [1.29, 1.82) is 0 Å². The second-order valence-electron chi connectivity index (χ2n) is 24.6. The highest BCUT2D eigenvalue weighted by Crippen LogP contribution is 2.45. The molecule has 0 aliphatic heterocycles. The van der Waals surface area contributed by atoms with Crippen molar-refractivity contribution in [2.75, 3.05) is 39.6 Å². The Bertz CT molecular complexity index is 1800. The Hall–Kier alpha value is -2.46. The van der Waals surface area contributed by atoms with Crippen LogP contribution in [0.4, 0.5) is 0 Å². The maximum atomic E-state index is 13.0. The normalized spacial score (nSPS) is 14.2. The van der Waals surface area contributed by atoms with Crippen molar-refractivity contribution in [3.05, 3.63) is 24.3 Å². The van der Waals surface area contributed by atoms with Crippen LogP contribution in [0.15, 0.2) is 24.3 Å². The highest BCUT2D eigenvalue weighted by atomic mass is 31.2. The molecular weight excluding hydrogens is 1170 g/mol. The van der Waals surface area contributed by atoms with Gasteiger partial charge in [0.25, 0.3) is 0 Å². The van der Waals surface area contributed by atoms with Gasteiger partial charge in [0.05, 0.1) is 26.4 Å². The fraction of sp³-hybridized carbons (Fsp3) is 0.886. The number of allylic oxidation sites excluding steroid dienone is 4. The predicted octanol–water partition coefficient (Wildman–Crippen LogP) is 19.8. The molecule has 0 saturated heterocycles. The third kappa shape index (κ3) is 64.1. The van der Waals surface area contributed by atoms with E-state index in [2.05, 4.69) is 52.0 Å². The third-order valence-electron chi connectivity index (χ3n) is 15.7. The van der Waals surface area contributed by atoms with E-state index < -0.39 is 97.5 Å². The number of carbonyl (C=O) groups excluding carboxylic acids is 4. The first kappa shape index (κ1) is 86.5. The number of esters is 4. The third-order valence-corrected chi connectivity index (χ3v) is 17.6. The molecule has 0 heterocycles. The second kappa shape index (κ2) is 64.3. The molecule has 0 aromatic carbocycles. The van der Waals surface area contributed by atoms with Gasteiger partial charge in [-0.2, -0.15) is 0 Å². The summed E-state index contributed by atoms with van der Waals surface area (Å²) in [7, 11) is -9.91. The van der Waals surface area contributed by atoms with Crippen LogP contribution in [-0.2, 0) is 65.4 Å². The van der Waals surface area contributed by atoms with E-state index in [-0.39, 0.29) is 25.7 Å². The highest BCUT2D eigenvalue weighted by molar-refractivity contribution is 7.47. The average Bonchev–Trinajstić information content (AvgIpc) is 3.73. The number of phosphoric acid groups is 2. The van der Waals surface area contributed by atoms with Crippen molar-refractivity contribution < 1.29 is 80.2 Å². The van der Waals surface area contributed by atoms with Crippen LogP contribution in [0.25, 0.3) is 0 Å². The van der Waals surface area contributed by atoms with Crippen molar-refractivity contribution in [1.82, 2.24) is 0 Å². The molecule has 2 unspecified atom stereocenters. The van der Waals surface area contributed by atoms with Gasteiger partial charge in [0.2, 0.25) is 0 Å². The molecule has 0 aliphatic carbocycles. The number of unbranched alkanes of at least 4 members (excludes halogenated alkanes) is 40. The minimum Gasteiger partial charge on any atom is -0.462 e. The summed E-state index contributed by atoms with van der Waals surface area (Å²) >= 11 is 0. The van der Waals surface area contributed by atoms with Gasteiger partial charge in [-0.05, 0) is 51.4 Å². The van der Waals surface area contributed by atoms with Crippen LogP contribution < -0.4 is 0 Å². The van der Waals surface area contributed by atoms with Crippen LogP contribution in [0.1, 0.15) is 342 Å². The predicted molar refractivity (Wildman–Crippen MR) is 358 cm³/mol. The number of aliphatic hydroxyl groups excluding tert-OH is 1. The molecule has 0 aromatic heterocycles. The Morgan fingerprint density at radius 3 is 0.820 bits per heavy atom. The van der Waals surface area contributed by atoms with E-state index in [1.54, 1.807) is 0 Å². The summed E-state index contributed by atoms with van der Waals surface area (Å²) < 4.78 is 68.2. The number of ether oxygens (including phenoxy) is 4. The number of hydrogen-bond acceptors (Lipinski definition) is 15. The molecule has 0 bridgehead atoms. The van der Waals surface area contributed by atoms with Crippen molar-refractivity contribution in [2.24, 2.45) is 0 Å². The van der Waals surface area contributed by atoms with Crippen LogP contribution in [-0.4, -0.2) is 96.7 Å². The topological polar surface area (TPSA) is 237 Å². The second-order valence-corrected chi connectivity index (χ2v) is 27.5. The van der Waals surface area contributed by atoms with Gasteiger partial charge in [0.15, 0.2) is 12.2 Å². The van der Waals surface area contributed by atoms with Crippen LogP contribution in [0.3, 0.4) is 0 Å². The SMILES string of the molecule is CCCCCC/C=C\C=C/CCCCCCCC(=O)O[C@H](COC(=O)CCCCCCCCCCCCCCC)COP(=O)(O)OC[C@@H](O)COP(=O)(O)OC[C@@H](COC(=O)CCCCCCCCCC)OC(=O)CCCCCCCCCCCCCCC. The molecule has 0 saturated carbocycles. The van der Waals surface area contributed by atoms with E-state index in [4.69, 9.17) is 37.0 Å². The lowest BCUT2D eigenvalue weighted by atomic mass is 10.0. The molecule has 0 rings (SSSR count). The van der Waals surface area contributed by atoms with Gasteiger partial charge in [0, 0.05) is 25.7 Å². The van der Waals surface area contributed by atoms with Gasteiger partial charge in [-0.15, -0.1) is 0 Å². The summed E-state index contributed by atoms with van der Waals surface area (Å²) in [6.07, 6.45) is 54.8. The lowest BCUT2D eigenvalue weighted by molar-refractivity contribution is -0.161. The first-order chi connectivity index (χ1) is 43.2. The first-order valence-corrected chi connectivity index (χ1v) is 39.1. The number of phosphoric ester groups is 2. The highest BCUT2D eigenvalue weighted by Gasteiger charge is 2.30. The maximum Gasteiger partial charge on any atom is 0.472 e. The van der Waals surface area contributed by atoms with E-state index in [0.717, 1.165) is 109 Å². The lowest BCUT2D eigenvalue weighted by Gasteiger charge is -2.21. The molecule has 3 N–H and O–H groups in total. The van der Waals surface area contributed by atoms with Gasteiger partial charge >= 0.3 is 39.5 Å². The van der Waals surface area contributed by atoms with Crippen molar-refractivity contribution in [2.45, 2.75) is 361 Å². The number of carbonyl (C=O) groups is 4. The minimum atomic E-state index is -4.96. The summed E-state index contributed by atoms with van der Waals surface area (Å²) in [4.78, 5) is 72.4. The molecule has 5 atom stereocenters. The summed E-state index contributed by atoms with van der Waals surface area (Å²) in [6, 6.07) is 0. The Morgan fingerprint density at radius 2 is 0.539 bits per heavy atom. The monoisotopic (exact) mass is 1310 g/mol. The molecule has 524 valence electrons. The average molecular weight is 1310 g/mol. The Labute approximate surface area is 542 Å². The Kier molecular flexibility index (Phi) is 62.5. The molecule has 0 aliphatic rings. The molecule has 0 fully saturated rings. The first-order valence-electron chi connectivity index (χ1n) is 36.1. The zero-order valence-electron chi connectivity index (χ0n) is 56.9. The van der Waals surface area contributed by atoms with Crippen LogP contribution in [0.2, 0.25) is 0 Å². The van der Waals surface area contributed by atoms with Gasteiger partial charge < -0.3 is 33.8 Å². The van der Waals surface area contributed by atoms with E-state index in [1.165, 1.54) is 154 Å². The number of aliphatic hydroxyl groups is 1. The molecular formula is C70H132O17P2. The molecule has 0 aromatic rings. The summed E-state index contributed by atoms with van der Waals surface area (Å²) in [6.45, 7) is 4.86. The molecule has 0 amide bonds. The fourth-order valence-corrected chi connectivity index (χ4v) is 11.7. The van der Waals surface area contributed by atoms with E-state index >= 15 is 0 Å². The van der Waals surface area contributed by atoms with Gasteiger partial charge in [-0.25, -0.2) is 9.13 Å². The summed E-state index contributed by atoms with van der Waals surface area (Å²) in [5, 5.41) is 10.6. The number of hydrogen-bond donors (Lipinski definition) is 3. The Morgan fingerprint density at radius 1 is 0.315 bits per heavy atom. The van der Waals surface area contributed by atoms with Crippen molar-refractivity contribution >= 4 is 39.5 Å². The molecule has 89 heavy (non-hydrogen) atoms. The van der Waals surface area contributed by atoms with Gasteiger partial charge in [0.1, 0.15) is 19.3 Å². The Balaban J connectivity index is 5.26. The fourth-order valence-electron chi connectivity index (χ4n) is 10.2. The van der Waals surface area contributed by atoms with Crippen LogP contribution >= 0.6 is 15.6 Å². The quantitative estimate of drug-likeness (QED) is 0.0169. The minimum absolute atomic E-state index is 0.0858. The van der Waals surface area contributed by atoms with E-state index in [0.29, 0.717) is 25.7 Å². The molecule has 0 radical (unpaired) electrons. The van der Waals surface area contributed by atoms with Crippen LogP contribution in [0, 0.1) is 0 Å². The zero-order valence-corrected chi connectivity index (χ0v) is 58.7. The smallest absolute Gasteiger partial charge is 0.462 e. The maximum absolute atomic E-state index is 13.0. The van der Waals surface area contributed by atoms with E-state index in [1.807, 2.05) is 0 Å². The number of rotatable bonds is 69. The summed E-state index contributed by atoms with van der Waals surface area (Å²) in [5.74, 6) is -2.15. The molecule has 19 heteroatoms. The standard InChI is InChI=1S/C70H132O17P2/c1-5-9-13-17-21-25-28-31-32-35-38-41-45-49-53-57-70(75)87-66(61-81-68(73)55-51-47-43-39-36-33-29-26-22-18-14-10-6-2)63-85-89(78,79)83-59-64(71)58-82-88(76,77)84-62-65(60-80-67(72)54-50-46-42-24-20-16-12-8-4)86-69(74)56-52-48-44-40-37-34-30-27-23-19-15-11-7-3/h25,28,31-32,64-66,71H,5-24,26-27,29-30,33-63H2,1-4H3,(H,76,77)(H,78,79)/b28-25-,32-31-/t64-,65+,66+/m0/s1. The molecule has 0 spiro atoms. The van der Waals surface area contributed by atoms with Gasteiger partial charge in [-0.1, -0.05) is 290 Å². The lowest BCUT2D eigenvalue weighted by Crippen LogP contribution is -2.30. The van der Waals surface area contributed by atoms with E-state index in [9.17, 15) is 43.2 Å². The molecule has 17 nitrogen and oxygen atoms in total. The van der Waals surface area contributed by atoms with Crippen molar-refractivity contribution in [3.8, 4) is 0 Å². The van der Waals surface area contributed by atoms with Crippen LogP contribution in [0.5, 0.6) is 0 Å². The van der Waals surface area contributed by atoms with Gasteiger partial charge in [-0.3, -0.25) is 37.3 Å².